The van der Waals surface area contributed by atoms with Crippen molar-refractivity contribution in [3.63, 3.8) is 0 Å². The second-order valence-corrected chi connectivity index (χ2v) is 11.8. The first kappa shape index (κ1) is 29.8. The van der Waals surface area contributed by atoms with E-state index in [1.807, 2.05) is 42.5 Å². The zero-order valence-corrected chi connectivity index (χ0v) is 25.6. The molecule has 4 nitrogen and oxygen atoms in total. The second-order valence-electron chi connectivity index (χ2n) is 10.6. The molecule has 1 N–H and O–H groups in total. The number of aryl methyl sites for hydroxylation is 1. The van der Waals surface area contributed by atoms with Crippen LogP contribution in [0, 0.1) is 0 Å². The summed E-state index contributed by atoms with van der Waals surface area (Å²) >= 11 is 10.3. The standard InChI is InChI=1S/C35H36BrClO4/c1-2-24-13-15-25(16-14-24)17-28-18-31(35(38)33(36)34(28)37)32-20-29(40-22-27-11-7-4-8-12-27)19-30(41-32)23-39-21-26-9-5-3-6-10-26/h3-16,18,29-30,32,38H,2,17,19-23H2,1H3. The van der Waals surface area contributed by atoms with E-state index in [0.29, 0.717) is 54.1 Å². The molecule has 214 valence electrons. The van der Waals surface area contributed by atoms with Gasteiger partial charge in [0.25, 0.3) is 0 Å². The molecule has 41 heavy (non-hydrogen) atoms. The van der Waals surface area contributed by atoms with Gasteiger partial charge >= 0.3 is 0 Å². The van der Waals surface area contributed by atoms with Crippen LogP contribution in [0.5, 0.6) is 5.75 Å². The van der Waals surface area contributed by atoms with E-state index < -0.39 is 0 Å². The fourth-order valence-electron chi connectivity index (χ4n) is 5.26. The van der Waals surface area contributed by atoms with Crippen molar-refractivity contribution in [3.05, 3.63) is 134 Å². The Balaban J connectivity index is 1.36. The zero-order valence-electron chi connectivity index (χ0n) is 23.3. The van der Waals surface area contributed by atoms with Gasteiger partial charge in [-0.2, -0.15) is 0 Å². The fraction of sp³-hybridized carbons (Fsp3) is 0.314. The fourth-order valence-corrected chi connectivity index (χ4v) is 5.96. The molecule has 3 unspecified atom stereocenters. The first-order valence-corrected chi connectivity index (χ1v) is 15.4. The van der Waals surface area contributed by atoms with Gasteiger partial charge in [-0.15, -0.1) is 0 Å². The lowest BCUT2D eigenvalue weighted by Crippen LogP contribution is -2.35. The van der Waals surface area contributed by atoms with E-state index >= 15 is 0 Å². The Morgan fingerprint density at radius 1 is 0.854 bits per heavy atom. The molecule has 1 aliphatic rings. The number of hydrogen-bond donors (Lipinski definition) is 1. The SMILES string of the molecule is CCc1ccc(Cc2cc(C3CC(OCc4ccccc4)CC(COCc4ccccc4)O3)c(O)c(Br)c2Cl)cc1. The maximum Gasteiger partial charge on any atom is 0.137 e. The highest BCUT2D eigenvalue weighted by Crippen LogP contribution is 2.45. The van der Waals surface area contributed by atoms with Crippen LogP contribution in [0.15, 0.2) is 95.5 Å². The van der Waals surface area contributed by atoms with Crippen LogP contribution in [0.1, 0.15) is 59.3 Å². The van der Waals surface area contributed by atoms with E-state index in [9.17, 15) is 5.11 Å². The first-order valence-electron chi connectivity index (χ1n) is 14.2. The highest BCUT2D eigenvalue weighted by molar-refractivity contribution is 9.10. The van der Waals surface area contributed by atoms with Crippen molar-refractivity contribution in [2.75, 3.05) is 6.61 Å². The van der Waals surface area contributed by atoms with Crippen LogP contribution in [0.3, 0.4) is 0 Å². The highest BCUT2D eigenvalue weighted by atomic mass is 79.9. The Hall–Kier alpha value is -2.67. The van der Waals surface area contributed by atoms with Crippen molar-refractivity contribution in [3.8, 4) is 5.75 Å². The molecule has 1 aliphatic heterocycles. The Bertz CT molecular complexity index is 1400. The summed E-state index contributed by atoms with van der Waals surface area (Å²) < 4.78 is 19.5. The second kappa shape index (κ2) is 14.5. The molecule has 0 radical (unpaired) electrons. The minimum atomic E-state index is -0.371. The number of benzene rings is 4. The predicted octanol–water partition coefficient (Wildman–Crippen LogP) is 8.98. The number of hydrogen-bond acceptors (Lipinski definition) is 4. The molecule has 4 aromatic rings. The van der Waals surface area contributed by atoms with Crippen LogP contribution in [-0.4, -0.2) is 23.9 Å². The van der Waals surface area contributed by atoms with Crippen molar-refractivity contribution in [2.45, 2.75) is 64.1 Å². The zero-order chi connectivity index (χ0) is 28.6. The summed E-state index contributed by atoms with van der Waals surface area (Å²) in [7, 11) is 0. The molecule has 1 heterocycles. The molecule has 4 aromatic carbocycles. The quantitative estimate of drug-likeness (QED) is 0.179. The summed E-state index contributed by atoms with van der Waals surface area (Å²) in [6.45, 7) is 3.61. The van der Waals surface area contributed by atoms with E-state index in [-0.39, 0.29) is 24.1 Å². The third-order valence-electron chi connectivity index (χ3n) is 7.56. The smallest absolute Gasteiger partial charge is 0.137 e. The van der Waals surface area contributed by atoms with Gasteiger partial charge in [0, 0.05) is 18.4 Å². The molecule has 0 aliphatic carbocycles. The van der Waals surface area contributed by atoms with Gasteiger partial charge in [-0.3, -0.25) is 0 Å². The number of rotatable bonds is 11. The van der Waals surface area contributed by atoms with E-state index in [1.165, 1.54) is 5.56 Å². The highest BCUT2D eigenvalue weighted by Gasteiger charge is 2.34. The minimum absolute atomic E-state index is 0.0572. The van der Waals surface area contributed by atoms with Gasteiger partial charge in [-0.25, -0.2) is 0 Å². The maximum atomic E-state index is 11.2. The molecule has 0 aromatic heterocycles. The van der Waals surface area contributed by atoms with Gasteiger partial charge in [0.1, 0.15) is 5.75 Å². The van der Waals surface area contributed by atoms with Crippen LogP contribution < -0.4 is 0 Å². The molecule has 3 atom stereocenters. The number of halogens is 2. The summed E-state index contributed by atoms with van der Waals surface area (Å²) in [5.41, 5.74) is 6.35. The van der Waals surface area contributed by atoms with E-state index in [4.69, 9.17) is 25.8 Å². The normalized spacial score (nSPS) is 18.9. The topological polar surface area (TPSA) is 47.9 Å². The molecule has 0 saturated carbocycles. The number of ether oxygens (including phenoxy) is 3. The molecule has 1 fully saturated rings. The Morgan fingerprint density at radius 3 is 2.15 bits per heavy atom. The van der Waals surface area contributed by atoms with Gasteiger partial charge in [-0.1, -0.05) is 103 Å². The lowest BCUT2D eigenvalue weighted by Gasteiger charge is -2.36. The Labute approximate surface area is 256 Å². The lowest BCUT2D eigenvalue weighted by atomic mass is 9.93. The van der Waals surface area contributed by atoms with E-state index in [1.54, 1.807) is 0 Å². The van der Waals surface area contributed by atoms with Gasteiger partial charge in [-0.05, 0) is 62.7 Å². The monoisotopic (exact) mass is 634 g/mol. The summed E-state index contributed by atoms with van der Waals surface area (Å²) in [4.78, 5) is 0. The van der Waals surface area contributed by atoms with Gasteiger partial charge in [0.05, 0.1) is 47.6 Å². The minimum Gasteiger partial charge on any atom is -0.506 e. The van der Waals surface area contributed by atoms with Crippen molar-refractivity contribution in [2.24, 2.45) is 0 Å². The van der Waals surface area contributed by atoms with Crippen LogP contribution in [0.2, 0.25) is 5.02 Å². The Morgan fingerprint density at radius 2 is 1.49 bits per heavy atom. The molecule has 1 saturated heterocycles. The molecule has 0 bridgehead atoms. The maximum absolute atomic E-state index is 11.2. The van der Waals surface area contributed by atoms with Crippen molar-refractivity contribution in [1.29, 1.82) is 0 Å². The summed E-state index contributed by atoms with van der Waals surface area (Å²) in [5, 5.41) is 11.7. The number of phenols is 1. The summed E-state index contributed by atoms with van der Waals surface area (Å²) in [6.07, 6.45) is 2.37. The first-order chi connectivity index (χ1) is 20.0. The van der Waals surface area contributed by atoms with E-state index in [0.717, 1.165) is 28.7 Å². The third kappa shape index (κ3) is 8.00. The average Bonchev–Trinajstić information content (AvgIpc) is 3.01. The summed E-state index contributed by atoms with van der Waals surface area (Å²) in [6, 6.07) is 30.9. The molecule has 0 amide bonds. The third-order valence-corrected chi connectivity index (χ3v) is 8.99. The average molecular weight is 636 g/mol. The van der Waals surface area contributed by atoms with Gasteiger partial charge < -0.3 is 19.3 Å². The number of aromatic hydroxyl groups is 1. The molecular formula is C35H36BrClO4. The van der Waals surface area contributed by atoms with Crippen LogP contribution in [0.4, 0.5) is 0 Å². The Kier molecular flexibility index (Phi) is 10.5. The van der Waals surface area contributed by atoms with Crippen molar-refractivity contribution < 1.29 is 19.3 Å². The summed E-state index contributed by atoms with van der Waals surface area (Å²) in [5.74, 6) is 0.109. The lowest BCUT2D eigenvalue weighted by molar-refractivity contribution is -0.142. The molecular weight excluding hydrogens is 600 g/mol. The molecule has 5 rings (SSSR count). The van der Waals surface area contributed by atoms with Crippen LogP contribution in [-0.2, 0) is 40.3 Å². The largest absolute Gasteiger partial charge is 0.506 e. The van der Waals surface area contributed by atoms with Crippen LogP contribution in [0.25, 0.3) is 0 Å². The molecule has 0 spiro atoms. The predicted molar refractivity (Wildman–Crippen MR) is 167 cm³/mol. The molecule has 6 heteroatoms. The number of phenolic OH excluding ortho intramolecular Hbond substituents is 1. The van der Waals surface area contributed by atoms with Gasteiger partial charge in [0.2, 0.25) is 0 Å². The van der Waals surface area contributed by atoms with Crippen molar-refractivity contribution >= 4 is 27.5 Å². The van der Waals surface area contributed by atoms with Gasteiger partial charge in [0.15, 0.2) is 0 Å². The van der Waals surface area contributed by atoms with Crippen molar-refractivity contribution in [1.82, 2.24) is 0 Å². The van der Waals surface area contributed by atoms with E-state index in [2.05, 4.69) is 71.4 Å². The van der Waals surface area contributed by atoms with Crippen LogP contribution >= 0.6 is 27.5 Å².